The highest BCUT2D eigenvalue weighted by atomic mass is 14.3. The van der Waals surface area contributed by atoms with Crippen molar-refractivity contribution in [3.05, 3.63) is 53.6 Å². The molecule has 1 heteroatoms. The summed E-state index contributed by atoms with van der Waals surface area (Å²) in [5.41, 5.74) is 7.76. The van der Waals surface area contributed by atoms with Gasteiger partial charge in [0.1, 0.15) is 0 Å². The Kier molecular flexibility index (Phi) is 4.29. The average Bonchev–Trinajstić information content (AvgIpc) is 2.98. The fraction of sp³-hybridized carbons (Fsp3) is 0.478. The topological polar surface area (TPSA) is 0 Å². The summed E-state index contributed by atoms with van der Waals surface area (Å²) in [7, 11) is 0. The lowest BCUT2D eigenvalue weighted by Crippen LogP contribution is -2.41. The largest absolute Gasteiger partial charge is 0.182 e. The zero-order chi connectivity index (χ0) is 16.6. The fourth-order valence-corrected chi connectivity index (χ4v) is 5.11. The maximum absolute atomic E-state index is 2.52. The molecule has 0 unspecified atom stereocenters. The predicted molar refractivity (Wildman–Crippen MR) is 107 cm³/mol. The molecule has 0 spiro atoms. The molecule has 2 aromatic carbocycles. The van der Waals surface area contributed by atoms with Gasteiger partial charge in [0.25, 0.3) is 0 Å². The average molecular weight is 316 g/mol. The molecule has 24 heavy (non-hydrogen) atoms. The molecule has 0 amide bonds. The van der Waals surface area contributed by atoms with Crippen LogP contribution >= 0.6 is 0 Å². The van der Waals surface area contributed by atoms with Crippen molar-refractivity contribution in [2.45, 2.75) is 70.4 Å². The van der Waals surface area contributed by atoms with Crippen molar-refractivity contribution in [2.24, 2.45) is 0 Å². The Labute approximate surface area is 147 Å². The van der Waals surface area contributed by atoms with E-state index in [1.54, 1.807) is 16.6 Å². The highest BCUT2D eigenvalue weighted by Gasteiger charge is 2.37. The van der Waals surface area contributed by atoms with Crippen LogP contribution in [0.3, 0.4) is 0 Å². The second kappa shape index (κ2) is 6.43. The van der Waals surface area contributed by atoms with Crippen LogP contribution < -0.4 is 5.46 Å². The summed E-state index contributed by atoms with van der Waals surface area (Å²) in [4.78, 5) is 0. The van der Waals surface area contributed by atoms with E-state index in [2.05, 4.69) is 56.3 Å². The van der Waals surface area contributed by atoms with Crippen LogP contribution in [0.2, 0.25) is 11.6 Å². The van der Waals surface area contributed by atoms with Gasteiger partial charge in [-0.15, -0.1) is 0 Å². The normalized spacial score (nSPS) is 19.8. The first kappa shape index (κ1) is 16.0. The maximum atomic E-state index is 2.52. The van der Waals surface area contributed by atoms with Crippen molar-refractivity contribution in [2.75, 3.05) is 0 Å². The minimum atomic E-state index is 0.400. The van der Waals surface area contributed by atoms with E-state index in [0.717, 1.165) is 6.42 Å². The lowest BCUT2D eigenvalue weighted by Gasteiger charge is -2.33. The molecule has 1 aliphatic carbocycles. The van der Waals surface area contributed by atoms with Gasteiger partial charge in [0.15, 0.2) is 6.71 Å². The molecule has 0 nitrogen and oxygen atoms in total. The lowest BCUT2D eigenvalue weighted by atomic mass is 9.28. The molecule has 0 bridgehead atoms. The molecule has 0 N–H and O–H groups in total. The zero-order valence-corrected chi connectivity index (χ0v) is 15.3. The highest BCUT2D eigenvalue weighted by molar-refractivity contribution is 6.77. The van der Waals surface area contributed by atoms with Crippen molar-refractivity contribution < 1.29 is 0 Å². The van der Waals surface area contributed by atoms with Crippen LogP contribution in [0.25, 0.3) is 11.1 Å². The van der Waals surface area contributed by atoms with Crippen LogP contribution in [0.5, 0.6) is 0 Å². The number of fused-ring (bicyclic) bond motifs is 3. The van der Waals surface area contributed by atoms with Gasteiger partial charge < -0.3 is 0 Å². The van der Waals surface area contributed by atoms with Crippen LogP contribution in [0.15, 0.2) is 42.5 Å². The smallest absolute Gasteiger partial charge is 0.0715 e. The van der Waals surface area contributed by atoms with Gasteiger partial charge in [0.05, 0.1) is 0 Å². The predicted octanol–water partition coefficient (Wildman–Crippen LogP) is 6.09. The second-order valence-corrected chi connectivity index (χ2v) is 8.56. The second-order valence-electron chi connectivity index (χ2n) is 8.56. The van der Waals surface area contributed by atoms with Crippen LogP contribution in [0, 0.1) is 0 Å². The minimum Gasteiger partial charge on any atom is -0.0715 e. The Morgan fingerprint density at radius 2 is 1.54 bits per heavy atom. The molecule has 1 aliphatic heterocycles. The molecule has 4 rings (SSSR count). The number of benzene rings is 2. The van der Waals surface area contributed by atoms with E-state index in [1.807, 2.05) is 0 Å². The third-order valence-electron chi connectivity index (χ3n) is 6.48. The Morgan fingerprint density at radius 3 is 2.46 bits per heavy atom. The third-order valence-corrected chi connectivity index (χ3v) is 6.48. The van der Waals surface area contributed by atoms with Crippen LogP contribution in [0.1, 0.15) is 63.5 Å². The molecule has 1 heterocycles. The molecule has 2 aromatic rings. The first-order chi connectivity index (χ1) is 11.7. The van der Waals surface area contributed by atoms with Crippen molar-refractivity contribution in [1.82, 2.24) is 0 Å². The standard InChI is InChI=1S/C23H29B/c1-23(2)15-8-4-3-5-9-16-24(23)21-14-10-12-19-17-18-11-6-7-13-20(18)22(19)21/h6-7,10-14H,3-5,8-9,15-17H2,1-2H3. The third kappa shape index (κ3) is 2.83. The van der Waals surface area contributed by atoms with Gasteiger partial charge in [0, 0.05) is 0 Å². The quantitative estimate of drug-likeness (QED) is 0.476. The van der Waals surface area contributed by atoms with E-state index in [9.17, 15) is 0 Å². The molecule has 0 radical (unpaired) electrons. The summed E-state index contributed by atoms with van der Waals surface area (Å²) in [6, 6.07) is 16.1. The van der Waals surface area contributed by atoms with Gasteiger partial charge in [-0.3, -0.25) is 0 Å². The Morgan fingerprint density at radius 1 is 0.792 bits per heavy atom. The van der Waals surface area contributed by atoms with Gasteiger partial charge in [-0.2, -0.15) is 0 Å². The van der Waals surface area contributed by atoms with Crippen LogP contribution in [0.4, 0.5) is 0 Å². The number of hydrogen-bond donors (Lipinski definition) is 0. The molecule has 124 valence electrons. The van der Waals surface area contributed by atoms with E-state index in [0.29, 0.717) is 12.0 Å². The number of hydrogen-bond acceptors (Lipinski definition) is 0. The molecular formula is C23H29B. The zero-order valence-electron chi connectivity index (χ0n) is 15.3. The summed E-state index contributed by atoms with van der Waals surface area (Å²) in [5, 5.41) is 0.400. The van der Waals surface area contributed by atoms with E-state index >= 15 is 0 Å². The Hall–Kier alpha value is -1.50. The summed E-state index contributed by atoms with van der Waals surface area (Å²) in [6.07, 6.45) is 10.9. The Balaban J connectivity index is 1.81. The van der Waals surface area contributed by atoms with Gasteiger partial charge in [-0.05, 0) is 28.7 Å². The lowest BCUT2D eigenvalue weighted by molar-refractivity contribution is 0.539. The summed E-state index contributed by atoms with van der Waals surface area (Å²) in [5.74, 6) is 0. The van der Waals surface area contributed by atoms with Gasteiger partial charge in [-0.25, -0.2) is 0 Å². The Bertz CT molecular complexity index is 729. The molecule has 1 saturated heterocycles. The maximum Gasteiger partial charge on any atom is 0.182 e. The van der Waals surface area contributed by atoms with Gasteiger partial charge in [0.2, 0.25) is 0 Å². The molecule has 0 aromatic heterocycles. The minimum absolute atomic E-state index is 0.400. The van der Waals surface area contributed by atoms with E-state index in [4.69, 9.17) is 0 Å². The van der Waals surface area contributed by atoms with Crippen LogP contribution in [-0.2, 0) is 6.42 Å². The van der Waals surface area contributed by atoms with E-state index < -0.39 is 0 Å². The molecule has 1 fully saturated rings. The first-order valence-corrected chi connectivity index (χ1v) is 9.87. The SMILES string of the molecule is CC1(C)CCCCCCCB1c1cccc2c1-c1ccccc1C2. The van der Waals surface area contributed by atoms with Crippen molar-refractivity contribution >= 4 is 12.2 Å². The molecule has 0 atom stereocenters. The van der Waals surface area contributed by atoms with Gasteiger partial charge >= 0.3 is 0 Å². The van der Waals surface area contributed by atoms with Crippen LogP contribution in [-0.4, -0.2) is 6.71 Å². The summed E-state index contributed by atoms with van der Waals surface area (Å²) < 4.78 is 0. The molecule has 2 aliphatic rings. The fourth-order valence-electron chi connectivity index (χ4n) is 5.11. The first-order valence-electron chi connectivity index (χ1n) is 9.87. The van der Waals surface area contributed by atoms with Crippen molar-refractivity contribution in [3.8, 4) is 11.1 Å². The molecular weight excluding hydrogens is 287 g/mol. The van der Waals surface area contributed by atoms with Gasteiger partial charge in [-0.1, -0.05) is 112 Å². The summed E-state index contributed by atoms with van der Waals surface area (Å²) >= 11 is 0. The van der Waals surface area contributed by atoms with E-state index in [-0.39, 0.29) is 0 Å². The van der Waals surface area contributed by atoms with E-state index in [1.165, 1.54) is 56.0 Å². The monoisotopic (exact) mass is 316 g/mol. The van der Waals surface area contributed by atoms with Crippen molar-refractivity contribution in [3.63, 3.8) is 0 Å². The number of rotatable bonds is 1. The summed E-state index contributed by atoms with van der Waals surface area (Å²) in [6.45, 7) is 5.73. The highest BCUT2D eigenvalue weighted by Crippen LogP contribution is 2.42. The van der Waals surface area contributed by atoms with Crippen molar-refractivity contribution in [1.29, 1.82) is 0 Å². The molecule has 0 saturated carbocycles.